The van der Waals surface area contributed by atoms with Crippen molar-refractivity contribution in [1.29, 1.82) is 0 Å². The summed E-state index contributed by atoms with van der Waals surface area (Å²) in [6.07, 6.45) is 3.18. The van der Waals surface area contributed by atoms with Gasteiger partial charge in [0.25, 0.3) is 0 Å². The zero-order chi connectivity index (χ0) is 18.3. The quantitative estimate of drug-likeness (QED) is 0.729. The van der Waals surface area contributed by atoms with Crippen LogP contribution in [0, 0.1) is 18.6 Å². The zero-order valence-corrected chi connectivity index (χ0v) is 14.8. The molecule has 0 saturated carbocycles. The maximum absolute atomic E-state index is 13.2. The maximum atomic E-state index is 13.2. The molecule has 2 aromatic heterocycles. The Kier molecular flexibility index (Phi) is 4.28. The van der Waals surface area contributed by atoms with Gasteiger partial charge in [-0.25, -0.2) is 18.7 Å². The number of aromatic nitrogens is 2. The minimum absolute atomic E-state index is 0.0326. The molecule has 134 valence electrons. The Morgan fingerprint density at radius 2 is 2.08 bits per heavy atom. The summed E-state index contributed by atoms with van der Waals surface area (Å²) in [5, 5.41) is 6.60. The van der Waals surface area contributed by atoms with E-state index in [1.165, 1.54) is 16.5 Å². The molecule has 0 atom stereocenters. The van der Waals surface area contributed by atoms with E-state index in [-0.39, 0.29) is 18.1 Å². The standard InChI is InChI=1S/C18H16F2N4OS/c1-9-22-17(16-11-3-2-4-14(11)26-18(16)23-9)21-8-15(25)24-10-5-6-12(19)13(20)7-10/h5-7H,2-4,8H2,1H3,(H,24,25)(H,21,22,23). The van der Waals surface area contributed by atoms with Crippen LogP contribution in [-0.4, -0.2) is 22.4 Å². The van der Waals surface area contributed by atoms with E-state index in [0.29, 0.717) is 11.6 Å². The Labute approximate surface area is 152 Å². The molecule has 26 heavy (non-hydrogen) atoms. The molecule has 1 aromatic carbocycles. The van der Waals surface area contributed by atoms with Crippen molar-refractivity contribution in [1.82, 2.24) is 9.97 Å². The Morgan fingerprint density at radius 3 is 2.88 bits per heavy atom. The predicted octanol–water partition coefficient (Wildman–Crippen LogP) is 3.82. The number of aryl methyl sites for hydroxylation is 3. The van der Waals surface area contributed by atoms with Crippen LogP contribution >= 0.6 is 11.3 Å². The first-order valence-electron chi connectivity index (χ1n) is 8.29. The van der Waals surface area contributed by atoms with E-state index in [9.17, 15) is 13.6 Å². The topological polar surface area (TPSA) is 66.9 Å². The molecule has 0 spiro atoms. The number of benzene rings is 1. The van der Waals surface area contributed by atoms with Crippen molar-refractivity contribution in [2.75, 3.05) is 17.2 Å². The van der Waals surface area contributed by atoms with E-state index < -0.39 is 11.6 Å². The molecule has 0 fully saturated rings. The zero-order valence-electron chi connectivity index (χ0n) is 14.0. The van der Waals surface area contributed by atoms with Crippen LogP contribution in [0.25, 0.3) is 10.2 Å². The van der Waals surface area contributed by atoms with Crippen molar-refractivity contribution >= 4 is 39.0 Å². The lowest BCUT2D eigenvalue weighted by molar-refractivity contribution is -0.114. The van der Waals surface area contributed by atoms with Gasteiger partial charge in [0.05, 0.1) is 11.9 Å². The van der Waals surface area contributed by atoms with E-state index in [1.807, 2.05) is 6.92 Å². The highest BCUT2D eigenvalue weighted by Gasteiger charge is 2.22. The lowest BCUT2D eigenvalue weighted by atomic mass is 10.2. The molecule has 3 aromatic rings. The van der Waals surface area contributed by atoms with Gasteiger partial charge in [0.2, 0.25) is 5.91 Å². The average molecular weight is 374 g/mol. The number of thiophene rings is 1. The van der Waals surface area contributed by atoms with Gasteiger partial charge >= 0.3 is 0 Å². The van der Waals surface area contributed by atoms with Gasteiger partial charge in [-0.15, -0.1) is 11.3 Å². The fraction of sp³-hybridized carbons (Fsp3) is 0.278. The fourth-order valence-corrected chi connectivity index (χ4v) is 4.48. The molecular formula is C18H16F2N4OS. The molecule has 0 saturated heterocycles. The normalized spacial score (nSPS) is 13.0. The van der Waals surface area contributed by atoms with Gasteiger partial charge in [0.15, 0.2) is 11.6 Å². The Hall–Kier alpha value is -2.61. The minimum atomic E-state index is -1.00. The van der Waals surface area contributed by atoms with Crippen LogP contribution < -0.4 is 10.6 Å². The summed E-state index contributed by atoms with van der Waals surface area (Å²) < 4.78 is 26.2. The molecule has 5 nitrogen and oxygen atoms in total. The van der Waals surface area contributed by atoms with Crippen LogP contribution in [0.3, 0.4) is 0 Å². The first-order valence-corrected chi connectivity index (χ1v) is 9.10. The summed E-state index contributed by atoms with van der Waals surface area (Å²) in [5.74, 6) is -1.04. The van der Waals surface area contributed by atoms with Crippen LogP contribution in [0.4, 0.5) is 20.3 Å². The number of hydrogen-bond donors (Lipinski definition) is 2. The molecule has 0 bridgehead atoms. The molecule has 1 aliphatic rings. The number of hydrogen-bond acceptors (Lipinski definition) is 5. The number of fused-ring (bicyclic) bond motifs is 3. The predicted molar refractivity (Wildman–Crippen MR) is 97.7 cm³/mol. The summed E-state index contributed by atoms with van der Waals surface area (Å²) in [6.45, 7) is 1.78. The Morgan fingerprint density at radius 1 is 1.23 bits per heavy atom. The first kappa shape index (κ1) is 16.8. The second-order valence-corrected chi connectivity index (χ2v) is 7.27. The highest BCUT2D eigenvalue weighted by molar-refractivity contribution is 7.19. The van der Waals surface area contributed by atoms with Crippen molar-refractivity contribution in [2.45, 2.75) is 26.2 Å². The monoisotopic (exact) mass is 374 g/mol. The number of amides is 1. The molecular weight excluding hydrogens is 358 g/mol. The lowest BCUT2D eigenvalue weighted by Crippen LogP contribution is -2.22. The second-order valence-electron chi connectivity index (χ2n) is 6.19. The third kappa shape index (κ3) is 3.12. The van der Waals surface area contributed by atoms with Crippen LogP contribution in [0.5, 0.6) is 0 Å². The summed E-state index contributed by atoms with van der Waals surface area (Å²) in [5.41, 5.74) is 1.48. The van der Waals surface area contributed by atoms with E-state index in [2.05, 4.69) is 20.6 Å². The van der Waals surface area contributed by atoms with Crippen molar-refractivity contribution < 1.29 is 13.6 Å². The van der Waals surface area contributed by atoms with Gasteiger partial charge in [0.1, 0.15) is 16.5 Å². The third-order valence-electron chi connectivity index (χ3n) is 4.30. The molecule has 1 amide bonds. The van der Waals surface area contributed by atoms with Crippen molar-refractivity contribution in [3.05, 3.63) is 46.1 Å². The molecule has 8 heteroatoms. The van der Waals surface area contributed by atoms with Crippen molar-refractivity contribution in [3.8, 4) is 0 Å². The SMILES string of the molecule is Cc1nc(NCC(=O)Nc2ccc(F)c(F)c2)c2c3c(sc2n1)CCC3. The van der Waals surface area contributed by atoms with Crippen molar-refractivity contribution in [3.63, 3.8) is 0 Å². The van der Waals surface area contributed by atoms with Gasteiger partial charge in [0, 0.05) is 16.6 Å². The van der Waals surface area contributed by atoms with E-state index in [4.69, 9.17) is 0 Å². The summed E-state index contributed by atoms with van der Waals surface area (Å²) in [6, 6.07) is 3.24. The number of rotatable bonds is 4. The fourth-order valence-electron chi connectivity index (χ4n) is 3.17. The molecule has 0 radical (unpaired) electrons. The number of carbonyl (C=O) groups excluding carboxylic acids is 1. The highest BCUT2D eigenvalue weighted by atomic mass is 32.1. The lowest BCUT2D eigenvalue weighted by Gasteiger charge is -2.10. The van der Waals surface area contributed by atoms with Gasteiger partial charge < -0.3 is 10.6 Å². The summed E-state index contributed by atoms with van der Waals surface area (Å²) in [4.78, 5) is 23.4. The number of nitrogens with one attached hydrogen (secondary N) is 2. The van der Waals surface area contributed by atoms with Gasteiger partial charge in [-0.3, -0.25) is 4.79 Å². The van der Waals surface area contributed by atoms with Crippen LogP contribution in [-0.2, 0) is 17.6 Å². The molecule has 2 heterocycles. The maximum Gasteiger partial charge on any atom is 0.243 e. The molecule has 2 N–H and O–H groups in total. The minimum Gasteiger partial charge on any atom is -0.360 e. The van der Waals surface area contributed by atoms with Gasteiger partial charge in [-0.05, 0) is 43.9 Å². The van der Waals surface area contributed by atoms with Gasteiger partial charge in [-0.1, -0.05) is 0 Å². The van der Waals surface area contributed by atoms with E-state index >= 15 is 0 Å². The van der Waals surface area contributed by atoms with Crippen LogP contribution in [0.2, 0.25) is 0 Å². The number of anilines is 2. The van der Waals surface area contributed by atoms with E-state index in [0.717, 1.165) is 41.6 Å². The number of halogens is 2. The van der Waals surface area contributed by atoms with Gasteiger partial charge in [-0.2, -0.15) is 0 Å². The number of nitrogens with zero attached hydrogens (tertiary/aromatic N) is 2. The molecule has 1 aliphatic carbocycles. The average Bonchev–Trinajstić information content (AvgIpc) is 3.16. The molecule has 0 aliphatic heterocycles. The first-order chi connectivity index (χ1) is 12.5. The number of carbonyl (C=O) groups is 1. The van der Waals surface area contributed by atoms with Crippen LogP contribution in [0.15, 0.2) is 18.2 Å². The molecule has 0 unspecified atom stereocenters. The Balaban J connectivity index is 1.52. The smallest absolute Gasteiger partial charge is 0.243 e. The largest absolute Gasteiger partial charge is 0.360 e. The second kappa shape index (κ2) is 6.60. The third-order valence-corrected chi connectivity index (χ3v) is 5.48. The molecule has 4 rings (SSSR count). The summed E-state index contributed by atoms with van der Waals surface area (Å²) >= 11 is 1.69. The van der Waals surface area contributed by atoms with Crippen LogP contribution in [0.1, 0.15) is 22.7 Å². The Bertz CT molecular complexity index is 1020. The summed E-state index contributed by atoms with van der Waals surface area (Å²) in [7, 11) is 0. The van der Waals surface area contributed by atoms with Crippen molar-refractivity contribution in [2.24, 2.45) is 0 Å². The van der Waals surface area contributed by atoms with E-state index in [1.54, 1.807) is 11.3 Å². The highest BCUT2D eigenvalue weighted by Crippen LogP contribution is 2.39.